The Hall–Kier alpha value is -2.17. The van der Waals surface area contributed by atoms with Crippen LogP contribution in [0.4, 0.5) is 0 Å². The van der Waals surface area contributed by atoms with Crippen LogP contribution in [0.1, 0.15) is 49.8 Å². The second kappa shape index (κ2) is 8.40. The summed E-state index contributed by atoms with van der Waals surface area (Å²) in [5.41, 5.74) is 0.511. The third kappa shape index (κ3) is 3.81. The maximum absolute atomic E-state index is 13.2. The Kier molecular flexibility index (Phi) is 5.61. The average Bonchev–Trinajstić information content (AvgIpc) is 3.22. The fraction of sp³-hybridized carbons (Fsp3) is 0.519. The van der Waals surface area contributed by atoms with Gasteiger partial charge in [-0.1, -0.05) is 73.5 Å². The fourth-order valence-corrected chi connectivity index (χ4v) is 6.03. The van der Waals surface area contributed by atoms with Crippen LogP contribution in [0, 0.1) is 23.7 Å². The highest BCUT2D eigenvalue weighted by Gasteiger charge is 2.57. The van der Waals surface area contributed by atoms with Crippen LogP contribution in [-0.2, 0) is 15.1 Å². The number of carbonyl (C=O) groups is 1. The number of ether oxygens (including phenoxy) is 1. The monoisotopic (exact) mass is 419 g/mol. The molecule has 0 spiro atoms. The number of nitrogens with zero attached hydrogens (tertiary/aromatic N) is 1. The minimum Gasteiger partial charge on any atom is -0.463 e. The Morgan fingerprint density at radius 3 is 2.23 bits per heavy atom. The minimum atomic E-state index is -1.52. The minimum absolute atomic E-state index is 0.0525. The van der Waals surface area contributed by atoms with Gasteiger partial charge in [-0.15, -0.1) is 0 Å². The van der Waals surface area contributed by atoms with Crippen LogP contribution >= 0.6 is 0 Å². The molecule has 0 radical (unpaired) electrons. The summed E-state index contributed by atoms with van der Waals surface area (Å²) in [6.07, 6.45) is 3.88. The topological polar surface area (TPSA) is 49.8 Å². The van der Waals surface area contributed by atoms with Crippen molar-refractivity contribution < 1.29 is 14.6 Å². The number of likely N-dealkylation sites (tertiary alicyclic amines) is 1. The Morgan fingerprint density at radius 1 is 1.03 bits per heavy atom. The van der Waals surface area contributed by atoms with E-state index in [1.807, 2.05) is 30.3 Å². The lowest BCUT2D eigenvalue weighted by molar-refractivity contribution is -0.174. The third-order valence-electron chi connectivity index (χ3n) is 8.11. The normalized spacial score (nSPS) is 28.6. The van der Waals surface area contributed by atoms with Crippen molar-refractivity contribution in [2.24, 2.45) is 23.7 Å². The summed E-state index contributed by atoms with van der Waals surface area (Å²) in [5, 5.41) is 11.5. The largest absolute Gasteiger partial charge is 0.463 e. The zero-order chi connectivity index (χ0) is 21.4. The van der Waals surface area contributed by atoms with E-state index in [-0.39, 0.29) is 5.92 Å². The molecule has 3 fully saturated rings. The van der Waals surface area contributed by atoms with E-state index in [1.165, 1.54) is 5.56 Å². The van der Waals surface area contributed by atoms with Gasteiger partial charge in [-0.05, 0) is 42.7 Å². The van der Waals surface area contributed by atoms with E-state index in [9.17, 15) is 9.90 Å². The molecule has 0 bridgehead atoms. The highest BCUT2D eigenvalue weighted by atomic mass is 16.6. The zero-order valence-electron chi connectivity index (χ0n) is 18.3. The van der Waals surface area contributed by atoms with Crippen LogP contribution in [-0.4, -0.2) is 35.7 Å². The molecule has 4 heteroatoms. The van der Waals surface area contributed by atoms with Gasteiger partial charge in [0.15, 0.2) is 5.60 Å². The van der Waals surface area contributed by atoms with Crippen molar-refractivity contribution in [2.75, 3.05) is 19.7 Å². The van der Waals surface area contributed by atoms with Crippen LogP contribution in [0.2, 0.25) is 0 Å². The van der Waals surface area contributed by atoms with Gasteiger partial charge in [-0.3, -0.25) is 4.90 Å². The molecule has 3 unspecified atom stereocenters. The van der Waals surface area contributed by atoms with Crippen molar-refractivity contribution in [3.8, 4) is 0 Å². The van der Waals surface area contributed by atoms with Gasteiger partial charge < -0.3 is 9.84 Å². The van der Waals surface area contributed by atoms with Crippen LogP contribution in [0.5, 0.6) is 0 Å². The van der Waals surface area contributed by atoms with Crippen molar-refractivity contribution in [1.82, 2.24) is 4.90 Å². The molecule has 2 saturated carbocycles. The Balaban J connectivity index is 1.19. The lowest BCUT2D eigenvalue weighted by Gasteiger charge is -2.32. The van der Waals surface area contributed by atoms with Crippen molar-refractivity contribution >= 4 is 5.97 Å². The van der Waals surface area contributed by atoms with Gasteiger partial charge >= 0.3 is 5.97 Å². The third-order valence-corrected chi connectivity index (χ3v) is 8.11. The van der Waals surface area contributed by atoms with Gasteiger partial charge in [0.1, 0.15) is 0 Å². The summed E-state index contributed by atoms with van der Waals surface area (Å²) >= 11 is 0. The predicted octanol–water partition coefficient (Wildman–Crippen LogP) is 4.55. The number of hydrogen-bond donors (Lipinski definition) is 1. The molecular formula is C27H33NO3. The predicted molar refractivity (Wildman–Crippen MR) is 120 cm³/mol. The van der Waals surface area contributed by atoms with E-state index >= 15 is 0 Å². The molecule has 3 aliphatic rings. The van der Waals surface area contributed by atoms with Crippen LogP contribution in [0.15, 0.2) is 60.7 Å². The number of carbonyl (C=O) groups excluding carboxylic acids is 1. The summed E-state index contributed by atoms with van der Waals surface area (Å²) in [6, 6.07) is 20.5. The van der Waals surface area contributed by atoms with Gasteiger partial charge in [0.2, 0.25) is 0 Å². The second-order valence-corrected chi connectivity index (χ2v) is 9.74. The smallest absolute Gasteiger partial charge is 0.343 e. The SMILES string of the molecule is CC(c1ccccc1)N1C[C@@H]2C(COC(=O)C(O)(c3ccccc3)C3CCCC3)[C@@H]2C1. The molecule has 31 heavy (non-hydrogen) atoms. The van der Waals surface area contributed by atoms with Gasteiger partial charge in [0.05, 0.1) is 6.61 Å². The maximum Gasteiger partial charge on any atom is 0.343 e. The van der Waals surface area contributed by atoms with E-state index in [0.717, 1.165) is 38.8 Å². The lowest BCUT2D eigenvalue weighted by atomic mass is 9.80. The van der Waals surface area contributed by atoms with Gasteiger partial charge in [0, 0.05) is 31.0 Å². The lowest BCUT2D eigenvalue weighted by Crippen LogP contribution is -2.43. The number of benzene rings is 2. The second-order valence-electron chi connectivity index (χ2n) is 9.74. The van der Waals surface area contributed by atoms with E-state index in [2.05, 4.69) is 42.2 Å². The highest BCUT2D eigenvalue weighted by Crippen LogP contribution is 2.53. The number of hydrogen-bond acceptors (Lipinski definition) is 4. The first-order chi connectivity index (χ1) is 15.1. The summed E-state index contributed by atoms with van der Waals surface area (Å²) in [5.74, 6) is 1.14. The van der Waals surface area contributed by atoms with Crippen molar-refractivity contribution in [3.05, 3.63) is 71.8 Å². The molecule has 2 aromatic carbocycles. The first kappa shape index (κ1) is 20.7. The van der Waals surface area contributed by atoms with Crippen molar-refractivity contribution in [2.45, 2.75) is 44.2 Å². The molecule has 0 aromatic heterocycles. The number of aliphatic hydroxyl groups is 1. The molecule has 2 aromatic rings. The van der Waals surface area contributed by atoms with Crippen molar-refractivity contribution in [1.29, 1.82) is 0 Å². The van der Waals surface area contributed by atoms with E-state index in [1.54, 1.807) is 0 Å². The molecule has 1 N–H and O–H groups in total. The fourth-order valence-electron chi connectivity index (χ4n) is 6.03. The molecule has 164 valence electrons. The Labute approximate surface area is 185 Å². The van der Waals surface area contributed by atoms with Crippen LogP contribution < -0.4 is 0 Å². The summed E-state index contributed by atoms with van der Waals surface area (Å²) in [7, 11) is 0. The van der Waals surface area contributed by atoms with Gasteiger partial charge in [-0.2, -0.15) is 0 Å². The molecule has 0 amide bonds. The van der Waals surface area contributed by atoms with Gasteiger partial charge in [0.25, 0.3) is 0 Å². The number of fused-ring (bicyclic) bond motifs is 1. The molecule has 1 heterocycles. The molecule has 4 nitrogen and oxygen atoms in total. The van der Waals surface area contributed by atoms with Crippen molar-refractivity contribution in [3.63, 3.8) is 0 Å². The first-order valence-corrected chi connectivity index (χ1v) is 11.8. The van der Waals surface area contributed by atoms with Crippen LogP contribution in [0.3, 0.4) is 0 Å². The molecule has 1 saturated heterocycles. The summed E-state index contributed by atoms with van der Waals surface area (Å²) in [6.45, 7) is 4.84. The zero-order valence-corrected chi connectivity index (χ0v) is 18.3. The maximum atomic E-state index is 13.2. The molecular weight excluding hydrogens is 386 g/mol. The number of esters is 1. The Morgan fingerprint density at radius 2 is 1.61 bits per heavy atom. The van der Waals surface area contributed by atoms with E-state index in [4.69, 9.17) is 4.74 Å². The molecule has 5 atom stereocenters. The van der Waals surface area contributed by atoms with Crippen LogP contribution in [0.25, 0.3) is 0 Å². The summed E-state index contributed by atoms with van der Waals surface area (Å²) in [4.78, 5) is 15.7. The molecule has 1 aliphatic heterocycles. The van der Waals surface area contributed by atoms with E-state index < -0.39 is 11.6 Å². The average molecular weight is 420 g/mol. The number of piperidine rings is 1. The first-order valence-electron chi connectivity index (χ1n) is 11.8. The molecule has 2 aliphatic carbocycles. The number of rotatable bonds is 7. The van der Waals surface area contributed by atoms with Gasteiger partial charge in [-0.25, -0.2) is 4.79 Å². The van der Waals surface area contributed by atoms with E-state index in [0.29, 0.717) is 36.0 Å². The Bertz CT molecular complexity index is 883. The highest BCUT2D eigenvalue weighted by molar-refractivity contribution is 5.81. The molecule has 5 rings (SSSR count). The standard InChI is InChI=1S/C27H33NO3/c1-19(20-10-4-2-5-11-20)28-16-23-24(17-28)25(23)18-31-26(29)27(30,22-14-8-9-15-22)21-12-6-3-7-13-21/h2-7,10-13,19,22-25,30H,8-9,14-18H2,1H3/t19?,23-,24+,25?,27?. The quantitative estimate of drug-likeness (QED) is 0.669. The summed E-state index contributed by atoms with van der Waals surface area (Å²) < 4.78 is 5.81.